The number of aryl methyl sites for hydroxylation is 2. The molecule has 1 N–H and O–H groups in total. The average Bonchev–Trinajstić information content (AvgIpc) is 3.41. The molecule has 154 valence electrons. The second-order valence-corrected chi connectivity index (χ2v) is 8.38. The van der Waals surface area contributed by atoms with Gasteiger partial charge in [0.15, 0.2) is 0 Å². The highest BCUT2D eigenvalue weighted by Gasteiger charge is 2.11. The predicted octanol–water partition coefficient (Wildman–Crippen LogP) is 3.75. The normalized spacial score (nSPS) is 10.9. The summed E-state index contributed by atoms with van der Waals surface area (Å²) in [5.41, 5.74) is 1.01. The van der Waals surface area contributed by atoms with Crippen molar-refractivity contribution in [1.29, 1.82) is 0 Å². The van der Waals surface area contributed by atoms with E-state index in [1.54, 1.807) is 11.3 Å². The van der Waals surface area contributed by atoms with Crippen molar-refractivity contribution < 1.29 is 13.9 Å². The van der Waals surface area contributed by atoms with Crippen LogP contribution in [0.2, 0.25) is 0 Å². The number of nitrogens with zero attached hydrogens (tertiary/aromatic N) is 3. The highest BCUT2D eigenvalue weighted by molar-refractivity contribution is 7.99. The molecular formula is C21H20N4O3S2. The summed E-state index contributed by atoms with van der Waals surface area (Å²) in [4.78, 5) is 16.6. The van der Waals surface area contributed by atoms with Gasteiger partial charge in [0.2, 0.25) is 11.8 Å². The van der Waals surface area contributed by atoms with Crippen LogP contribution >= 0.6 is 23.1 Å². The first-order valence-electron chi connectivity index (χ1n) is 9.50. The van der Waals surface area contributed by atoms with Gasteiger partial charge in [-0.25, -0.2) is 4.98 Å². The van der Waals surface area contributed by atoms with E-state index in [2.05, 4.69) is 26.6 Å². The van der Waals surface area contributed by atoms with Crippen molar-refractivity contribution in [3.63, 3.8) is 0 Å². The molecule has 0 atom stereocenters. The number of rotatable bonds is 10. The van der Waals surface area contributed by atoms with Crippen LogP contribution in [-0.2, 0) is 17.6 Å². The maximum Gasteiger partial charge on any atom is 0.277 e. The van der Waals surface area contributed by atoms with Crippen LogP contribution in [0.3, 0.4) is 0 Å². The van der Waals surface area contributed by atoms with Crippen LogP contribution in [0.25, 0.3) is 10.2 Å². The second kappa shape index (κ2) is 10.2. The third-order valence-electron chi connectivity index (χ3n) is 4.10. The molecule has 4 aromatic rings. The Kier molecular flexibility index (Phi) is 6.94. The summed E-state index contributed by atoms with van der Waals surface area (Å²) in [5, 5.41) is 12.3. The zero-order chi connectivity index (χ0) is 20.6. The number of hydrogen-bond donors (Lipinski definition) is 1. The van der Waals surface area contributed by atoms with Crippen LogP contribution in [0.1, 0.15) is 10.9 Å². The monoisotopic (exact) mass is 440 g/mol. The van der Waals surface area contributed by atoms with Crippen molar-refractivity contribution in [2.24, 2.45) is 0 Å². The first-order chi connectivity index (χ1) is 14.8. The topological polar surface area (TPSA) is 90.1 Å². The first-order valence-corrected chi connectivity index (χ1v) is 11.3. The number of amides is 1. The number of thioether (sulfide) groups is 1. The molecule has 2 heterocycles. The van der Waals surface area contributed by atoms with Crippen molar-refractivity contribution in [3.05, 3.63) is 65.5 Å². The molecule has 0 saturated heterocycles. The van der Waals surface area contributed by atoms with E-state index in [1.807, 2.05) is 48.5 Å². The van der Waals surface area contributed by atoms with Crippen LogP contribution in [0.15, 0.2) is 64.2 Å². The lowest BCUT2D eigenvalue weighted by Gasteiger charge is -2.06. The highest BCUT2D eigenvalue weighted by atomic mass is 32.2. The van der Waals surface area contributed by atoms with Crippen LogP contribution in [0.5, 0.6) is 5.75 Å². The van der Waals surface area contributed by atoms with Gasteiger partial charge in [0, 0.05) is 12.8 Å². The third-order valence-corrected chi connectivity index (χ3v) is 6.02. The Hall–Kier alpha value is -2.91. The minimum absolute atomic E-state index is 0.106. The number of aromatic nitrogens is 3. The maximum atomic E-state index is 11.9. The highest BCUT2D eigenvalue weighted by Crippen LogP contribution is 2.23. The average molecular weight is 441 g/mol. The number of benzene rings is 2. The van der Waals surface area contributed by atoms with Crippen molar-refractivity contribution in [2.75, 3.05) is 18.9 Å². The number of fused-ring (bicyclic) bond motifs is 1. The molecule has 0 unspecified atom stereocenters. The minimum atomic E-state index is -0.106. The van der Waals surface area contributed by atoms with Crippen molar-refractivity contribution in [1.82, 2.24) is 20.5 Å². The molecule has 0 fully saturated rings. The zero-order valence-corrected chi connectivity index (χ0v) is 17.7. The molecule has 0 aliphatic heterocycles. The fraction of sp³-hybridized carbons (Fsp3) is 0.238. The Morgan fingerprint density at radius 2 is 1.90 bits per heavy atom. The molecule has 0 aliphatic rings. The van der Waals surface area contributed by atoms with Crippen molar-refractivity contribution >= 4 is 39.2 Å². The van der Waals surface area contributed by atoms with E-state index in [4.69, 9.17) is 9.15 Å². The maximum absolute atomic E-state index is 11.9. The molecule has 30 heavy (non-hydrogen) atoms. The first kappa shape index (κ1) is 20.4. The van der Waals surface area contributed by atoms with Crippen LogP contribution < -0.4 is 10.1 Å². The molecule has 0 spiro atoms. The van der Waals surface area contributed by atoms with Crippen LogP contribution in [0.4, 0.5) is 0 Å². The second-order valence-electron chi connectivity index (χ2n) is 6.34. The number of para-hydroxylation sites is 2. The number of hydrogen-bond acceptors (Lipinski definition) is 8. The summed E-state index contributed by atoms with van der Waals surface area (Å²) in [6, 6.07) is 17.6. The lowest BCUT2D eigenvalue weighted by atomic mass is 10.3. The fourth-order valence-electron chi connectivity index (χ4n) is 2.69. The molecule has 0 aliphatic carbocycles. The quantitative estimate of drug-likeness (QED) is 0.297. The standard InChI is InChI=1S/C21H20N4O3S2/c26-18(22-12-13-27-15-6-2-1-3-7-15)14-29-21-25-24-19(28-21)10-11-20-23-16-8-4-5-9-17(16)30-20/h1-9H,10-14H2,(H,22,26). The summed E-state index contributed by atoms with van der Waals surface area (Å²) in [6.07, 6.45) is 1.37. The smallest absolute Gasteiger partial charge is 0.277 e. The molecular weight excluding hydrogens is 420 g/mol. The molecule has 0 bridgehead atoms. The Bertz CT molecular complexity index is 1060. The largest absolute Gasteiger partial charge is 0.492 e. The Morgan fingerprint density at radius 1 is 1.07 bits per heavy atom. The SMILES string of the molecule is O=C(CSc1nnc(CCc2nc3ccccc3s2)o1)NCCOc1ccccc1. The Labute approximate surface area is 181 Å². The summed E-state index contributed by atoms with van der Waals surface area (Å²) < 4.78 is 12.3. The van der Waals surface area contributed by atoms with Crippen molar-refractivity contribution in [3.8, 4) is 5.75 Å². The van der Waals surface area contributed by atoms with Gasteiger partial charge >= 0.3 is 0 Å². The van der Waals surface area contributed by atoms with E-state index in [0.717, 1.165) is 22.7 Å². The minimum Gasteiger partial charge on any atom is -0.492 e. The molecule has 7 nitrogen and oxygen atoms in total. The number of carbonyl (C=O) groups excluding carboxylic acids is 1. The molecule has 1 amide bonds. The number of thiazole rings is 1. The predicted molar refractivity (Wildman–Crippen MR) is 117 cm³/mol. The van der Waals surface area contributed by atoms with Gasteiger partial charge in [-0.3, -0.25) is 4.79 Å². The van der Waals surface area contributed by atoms with Crippen LogP contribution in [0, 0.1) is 0 Å². The van der Waals surface area contributed by atoms with Gasteiger partial charge in [-0.05, 0) is 24.3 Å². The van der Waals surface area contributed by atoms with Gasteiger partial charge in [-0.1, -0.05) is 42.1 Å². The lowest BCUT2D eigenvalue weighted by Crippen LogP contribution is -2.29. The van der Waals surface area contributed by atoms with Gasteiger partial charge < -0.3 is 14.5 Å². The van der Waals surface area contributed by atoms with E-state index >= 15 is 0 Å². The molecule has 4 rings (SSSR count). The van der Waals surface area contributed by atoms with Gasteiger partial charge in [0.1, 0.15) is 12.4 Å². The summed E-state index contributed by atoms with van der Waals surface area (Å²) in [5.74, 6) is 1.44. The molecule has 2 aromatic heterocycles. The van der Waals surface area contributed by atoms with E-state index in [-0.39, 0.29) is 11.7 Å². The number of ether oxygens (including phenoxy) is 1. The summed E-state index contributed by atoms with van der Waals surface area (Å²) in [6.45, 7) is 0.850. The van der Waals surface area contributed by atoms with Gasteiger partial charge in [-0.2, -0.15) is 0 Å². The molecule has 0 saturated carbocycles. The Morgan fingerprint density at radius 3 is 2.77 bits per heavy atom. The molecule has 9 heteroatoms. The van der Waals surface area contributed by atoms with E-state index in [0.29, 0.717) is 30.7 Å². The van der Waals surface area contributed by atoms with Crippen molar-refractivity contribution in [2.45, 2.75) is 18.1 Å². The summed E-state index contributed by atoms with van der Waals surface area (Å²) >= 11 is 2.90. The third kappa shape index (κ3) is 5.80. The molecule has 0 radical (unpaired) electrons. The van der Waals surface area contributed by atoms with Gasteiger partial charge in [0.25, 0.3) is 5.22 Å². The Balaban J connectivity index is 1.15. The lowest BCUT2D eigenvalue weighted by molar-refractivity contribution is -0.118. The van der Waals surface area contributed by atoms with E-state index < -0.39 is 0 Å². The molecule has 2 aromatic carbocycles. The van der Waals surface area contributed by atoms with Gasteiger partial charge in [0.05, 0.1) is 27.5 Å². The fourth-order valence-corrected chi connectivity index (χ4v) is 4.27. The number of nitrogens with one attached hydrogen (secondary N) is 1. The van der Waals surface area contributed by atoms with E-state index in [1.165, 1.54) is 16.5 Å². The van der Waals surface area contributed by atoms with Crippen LogP contribution in [-0.4, -0.2) is 40.0 Å². The zero-order valence-electron chi connectivity index (χ0n) is 16.1. The van der Waals surface area contributed by atoms with Gasteiger partial charge in [-0.15, -0.1) is 21.5 Å². The number of carbonyl (C=O) groups is 1. The van der Waals surface area contributed by atoms with E-state index in [9.17, 15) is 4.79 Å². The summed E-state index contributed by atoms with van der Waals surface area (Å²) in [7, 11) is 0.